The molecule has 0 aliphatic carbocycles. The molecule has 0 fully saturated rings. The predicted octanol–water partition coefficient (Wildman–Crippen LogP) is 5.21. The lowest BCUT2D eigenvalue weighted by molar-refractivity contribution is 0.385. The summed E-state index contributed by atoms with van der Waals surface area (Å²) in [5, 5.41) is 2.37. The number of ether oxygens (including phenoxy) is 2. The van der Waals surface area contributed by atoms with Crippen LogP contribution in [0.15, 0.2) is 72.8 Å². The molecule has 3 rings (SSSR count). The molecule has 158 valence electrons. The van der Waals surface area contributed by atoms with Gasteiger partial charge in [-0.3, -0.25) is 0 Å². The molecule has 3 nitrogen and oxygen atoms in total. The fraction of sp³-hybridized carbons (Fsp3) is 0.308. The van der Waals surface area contributed by atoms with Crippen LogP contribution in [0, 0.1) is 0 Å². The first kappa shape index (κ1) is 22.0. The summed E-state index contributed by atoms with van der Waals surface area (Å²) in [6.45, 7) is 8.97. The minimum absolute atomic E-state index is 0.114. The zero-order chi connectivity index (χ0) is 21.8. The molecule has 0 bridgehead atoms. The molecule has 0 aliphatic heterocycles. The molecule has 4 heteroatoms. The minimum Gasteiger partial charge on any atom is -0.534 e. The van der Waals surface area contributed by atoms with Crippen molar-refractivity contribution in [3.05, 3.63) is 78.4 Å². The zero-order valence-electron chi connectivity index (χ0n) is 18.9. The molecule has 0 saturated heterocycles. The van der Waals surface area contributed by atoms with Crippen LogP contribution in [0.1, 0.15) is 33.3 Å². The highest BCUT2D eigenvalue weighted by Crippen LogP contribution is 2.41. The predicted molar refractivity (Wildman–Crippen MR) is 127 cm³/mol. The summed E-state index contributed by atoms with van der Waals surface area (Å²) in [6, 6.07) is 25.2. The molecule has 0 N–H and O–H groups in total. The van der Waals surface area contributed by atoms with Gasteiger partial charge in [-0.05, 0) is 21.8 Å². The molecule has 0 aromatic heterocycles. The zero-order valence-corrected chi connectivity index (χ0v) is 19.9. The highest BCUT2D eigenvalue weighted by molar-refractivity contribution is 7.00. The Morgan fingerprint density at radius 3 is 1.63 bits per heavy atom. The molecular formula is C26H32O3Si. The summed E-state index contributed by atoms with van der Waals surface area (Å²) in [5.41, 5.74) is 1.06. The third-order valence-corrected chi connectivity index (χ3v) is 10.6. The van der Waals surface area contributed by atoms with Gasteiger partial charge in [-0.25, -0.2) is 0 Å². The summed E-state index contributed by atoms with van der Waals surface area (Å²) in [7, 11) is 0.648. The van der Waals surface area contributed by atoms with E-state index in [0.29, 0.717) is 0 Å². The van der Waals surface area contributed by atoms with Crippen molar-refractivity contribution in [2.24, 2.45) is 0 Å². The third-order valence-electron chi connectivity index (χ3n) is 5.63. The van der Waals surface area contributed by atoms with Gasteiger partial charge in [-0.1, -0.05) is 88.4 Å². The lowest BCUT2D eigenvalue weighted by Gasteiger charge is -2.43. The molecule has 0 atom stereocenters. The smallest absolute Gasteiger partial charge is 0.319 e. The second kappa shape index (κ2) is 8.96. The van der Waals surface area contributed by atoms with Crippen LogP contribution in [0.4, 0.5) is 0 Å². The molecule has 0 aliphatic rings. The normalized spacial score (nSPS) is 11.8. The Balaban J connectivity index is 2.33. The molecule has 0 unspecified atom stereocenters. The van der Waals surface area contributed by atoms with Crippen molar-refractivity contribution in [1.29, 1.82) is 0 Å². The van der Waals surface area contributed by atoms with Crippen LogP contribution < -0.4 is 24.3 Å². The molecule has 0 saturated carbocycles. The lowest BCUT2D eigenvalue weighted by Crippen LogP contribution is -2.68. The van der Waals surface area contributed by atoms with Crippen LogP contribution in [-0.2, 0) is 6.42 Å². The lowest BCUT2D eigenvalue weighted by atomic mass is 10.1. The van der Waals surface area contributed by atoms with Gasteiger partial charge in [0.1, 0.15) is 17.2 Å². The van der Waals surface area contributed by atoms with Crippen molar-refractivity contribution in [2.75, 3.05) is 14.2 Å². The molecule has 0 heterocycles. The number of rotatable bonds is 7. The van der Waals surface area contributed by atoms with Gasteiger partial charge in [0.2, 0.25) is 0 Å². The Morgan fingerprint density at radius 2 is 1.23 bits per heavy atom. The summed E-state index contributed by atoms with van der Waals surface area (Å²) in [4.78, 5) is 0. The van der Waals surface area contributed by atoms with E-state index in [9.17, 15) is 0 Å². The summed E-state index contributed by atoms with van der Waals surface area (Å²) >= 11 is 0. The third kappa shape index (κ3) is 3.97. The van der Waals surface area contributed by atoms with Gasteiger partial charge < -0.3 is 13.9 Å². The highest BCUT2D eigenvalue weighted by atomic mass is 28.4. The first-order valence-electron chi connectivity index (χ1n) is 10.4. The second-order valence-electron chi connectivity index (χ2n) is 8.43. The highest BCUT2D eigenvalue weighted by Gasteiger charge is 2.52. The Hall–Kier alpha value is -2.72. The number of benzene rings is 3. The SMILES string of the molecule is CCc1c(OC)cc(OC)cc1O[Si](c1ccccc1)(c1ccccc1)C(C)(C)C. The standard InChI is InChI=1S/C26H32O3Si/c1-7-23-24(28-6)18-20(27-5)19-25(23)29-30(26(2,3)4,21-14-10-8-11-15-21)22-16-12-9-13-17-22/h8-19H,7H2,1-6H3. The van der Waals surface area contributed by atoms with E-state index in [1.165, 1.54) is 10.4 Å². The van der Waals surface area contributed by atoms with E-state index in [4.69, 9.17) is 13.9 Å². The van der Waals surface area contributed by atoms with Crippen molar-refractivity contribution < 1.29 is 13.9 Å². The van der Waals surface area contributed by atoms with Gasteiger partial charge in [-0.2, -0.15) is 0 Å². The Morgan fingerprint density at radius 1 is 0.733 bits per heavy atom. The number of hydrogen-bond donors (Lipinski definition) is 0. The van der Waals surface area contributed by atoms with Crippen LogP contribution in [0.25, 0.3) is 0 Å². The summed E-state index contributed by atoms with van der Waals surface area (Å²) in [6.07, 6.45) is 0.806. The average Bonchev–Trinajstić information content (AvgIpc) is 2.77. The van der Waals surface area contributed by atoms with Gasteiger partial charge in [-0.15, -0.1) is 0 Å². The van der Waals surface area contributed by atoms with Crippen LogP contribution in [-0.4, -0.2) is 22.5 Å². The van der Waals surface area contributed by atoms with E-state index in [2.05, 4.69) is 88.4 Å². The molecule has 0 radical (unpaired) electrons. The molecule has 3 aromatic rings. The van der Waals surface area contributed by atoms with Gasteiger partial charge >= 0.3 is 8.32 Å². The van der Waals surface area contributed by atoms with Gasteiger partial charge in [0, 0.05) is 17.7 Å². The van der Waals surface area contributed by atoms with Crippen LogP contribution in [0.5, 0.6) is 17.2 Å². The van der Waals surface area contributed by atoms with E-state index >= 15 is 0 Å². The van der Waals surface area contributed by atoms with Crippen LogP contribution in [0.2, 0.25) is 5.04 Å². The van der Waals surface area contributed by atoms with E-state index in [-0.39, 0.29) is 5.04 Å². The van der Waals surface area contributed by atoms with E-state index < -0.39 is 8.32 Å². The van der Waals surface area contributed by atoms with E-state index in [1.54, 1.807) is 14.2 Å². The van der Waals surface area contributed by atoms with E-state index in [1.807, 2.05) is 12.1 Å². The fourth-order valence-corrected chi connectivity index (χ4v) is 8.59. The maximum absolute atomic E-state index is 7.22. The van der Waals surface area contributed by atoms with Crippen molar-refractivity contribution in [3.63, 3.8) is 0 Å². The number of hydrogen-bond acceptors (Lipinski definition) is 3. The van der Waals surface area contributed by atoms with Crippen molar-refractivity contribution >= 4 is 18.7 Å². The summed E-state index contributed by atoms with van der Waals surface area (Å²) in [5.74, 6) is 2.37. The molecule has 0 spiro atoms. The molecule has 0 amide bonds. The molecule has 30 heavy (non-hydrogen) atoms. The topological polar surface area (TPSA) is 27.7 Å². The van der Waals surface area contributed by atoms with Crippen LogP contribution in [0.3, 0.4) is 0 Å². The Labute approximate surface area is 181 Å². The van der Waals surface area contributed by atoms with Gasteiger partial charge in [0.05, 0.1) is 14.2 Å². The average molecular weight is 421 g/mol. The maximum Gasteiger partial charge on any atom is 0.319 e. The van der Waals surface area contributed by atoms with Crippen molar-refractivity contribution in [2.45, 2.75) is 39.2 Å². The van der Waals surface area contributed by atoms with Crippen LogP contribution >= 0.6 is 0 Å². The Kier molecular flexibility index (Phi) is 6.57. The molecule has 3 aromatic carbocycles. The maximum atomic E-state index is 7.22. The van der Waals surface area contributed by atoms with Gasteiger partial charge in [0.25, 0.3) is 0 Å². The van der Waals surface area contributed by atoms with Gasteiger partial charge in [0.15, 0.2) is 0 Å². The monoisotopic (exact) mass is 420 g/mol. The quantitative estimate of drug-likeness (QED) is 0.491. The summed E-state index contributed by atoms with van der Waals surface area (Å²) < 4.78 is 18.5. The fourth-order valence-electron chi connectivity index (χ4n) is 4.15. The molecular weight excluding hydrogens is 388 g/mol. The first-order valence-corrected chi connectivity index (χ1v) is 12.3. The van der Waals surface area contributed by atoms with Crippen molar-refractivity contribution in [3.8, 4) is 17.2 Å². The van der Waals surface area contributed by atoms with Crippen molar-refractivity contribution in [1.82, 2.24) is 0 Å². The Bertz CT molecular complexity index is 923. The first-order chi connectivity index (χ1) is 14.4. The minimum atomic E-state index is -2.72. The number of methoxy groups -OCH3 is 2. The van der Waals surface area contributed by atoms with E-state index in [0.717, 1.165) is 29.2 Å². The largest absolute Gasteiger partial charge is 0.534 e. The second-order valence-corrected chi connectivity index (χ2v) is 12.6.